The zero-order chi connectivity index (χ0) is 17.1. The van der Waals surface area contributed by atoms with Crippen LogP contribution in [-0.4, -0.2) is 41.5 Å². The van der Waals surface area contributed by atoms with Crippen molar-refractivity contribution in [1.29, 1.82) is 0 Å². The van der Waals surface area contributed by atoms with E-state index >= 15 is 0 Å². The topological polar surface area (TPSA) is 59.5 Å². The van der Waals surface area contributed by atoms with E-state index in [1.54, 1.807) is 30.3 Å². The quantitative estimate of drug-likeness (QED) is 0.454. The molecule has 6 heteroatoms. The molecule has 0 spiro atoms. The van der Waals surface area contributed by atoms with Crippen LogP contribution in [0.4, 0.5) is 0 Å². The van der Waals surface area contributed by atoms with Crippen LogP contribution in [0.1, 0.15) is 56.3 Å². The van der Waals surface area contributed by atoms with Crippen LogP contribution in [0, 0.1) is 0 Å². The summed E-state index contributed by atoms with van der Waals surface area (Å²) in [6, 6.07) is 1.75. The lowest BCUT2D eigenvalue weighted by Crippen LogP contribution is -2.34. The number of ether oxygens (including phenoxy) is 1. The van der Waals surface area contributed by atoms with Crippen LogP contribution < -0.4 is 0 Å². The molecule has 128 valence electrons. The molecule has 0 aliphatic heterocycles. The maximum atomic E-state index is 12.6. The minimum absolute atomic E-state index is 0.0976. The maximum Gasteiger partial charge on any atom is 0.307 e. The molecular weight excluding hydrogens is 360 g/mol. The third kappa shape index (κ3) is 7.59. The Morgan fingerprint density at radius 1 is 1.17 bits per heavy atom. The van der Waals surface area contributed by atoms with Crippen molar-refractivity contribution in [2.24, 2.45) is 0 Å². The molecule has 0 saturated carbocycles. The molecule has 1 rings (SSSR count). The van der Waals surface area contributed by atoms with E-state index in [0.29, 0.717) is 25.3 Å². The molecule has 0 bridgehead atoms. The predicted octanol–water partition coefficient (Wildman–Crippen LogP) is 3.82. The molecule has 23 heavy (non-hydrogen) atoms. The molecule has 0 radical (unpaired) electrons. The van der Waals surface area contributed by atoms with Crippen molar-refractivity contribution in [3.05, 3.63) is 28.5 Å². The van der Waals surface area contributed by atoms with Gasteiger partial charge >= 0.3 is 5.97 Å². The highest BCUT2D eigenvalue weighted by Gasteiger charge is 2.17. The Morgan fingerprint density at radius 2 is 1.96 bits per heavy atom. The average molecular weight is 385 g/mol. The van der Waals surface area contributed by atoms with Crippen molar-refractivity contribution in [1.82, 2.24) is 9.88 Å². The maximum absolute atomic E-state index is 12.6. The number of rotatable bonds is 10. The van der Waals surface area contributed by atoms with Gasteiger partial charge in [-0.15, -0.1) is 0 Å². The van der Waals surface area contributed by atoms with Gasteiger partial charge in [0.2, 0.25) is 0 Å². The van der Waals surface area contributed by atoms with Gasteiger partial charge in [0.15, 0.2) is 0 Å². The molecule has 0 fully saturated rings. The molecule has 1 amide bonds. The Kier molecular flexibility index (Phi) is 9.52. The van der Waals surface area contributed by atoms with E-state index in [4.69, 9.17) is 4.74 Å². The summed E-state index contributed by atoms with van der Waals surface area (Å²) in [4.78, 5) is 30.0. The van der Waals surface area contributed by atoms with E-state index in [1.165, 1.54) is 0 Å². The highest BCUT2D eigenvalue weighted by Crippen LogP contribution is 2.13. The number of hydrogen-bond acceptors (Lipinski definition) is 4. The predicted molar refractivity (Wildman–Crippen MR) is 93.2 cm³/mol. The summed E-state index contributed by atoms with van der Waals surface area (Å²) < 4.78 is 5.71. The Labute approximate surface area is 146 Å². The SMILES string of the molecule is CCCCCCN(CCC(=O)OCC)C(=O)c1cncc(Br)c1. The molecule has 0 unspecified atom stereocenters. The van der Waals surface area contributed by atoms with Gasteiger partial charge in [-0.2, -0.15) is 0 Å². The van der Waals surface area contributed by atoms with Crippen LogP contribution in [0.2, 0.25) is 0 Å². The Balaban J connectivity index is 2.68. The first-order valence-electron chi connectivity index (χ1n) is 8.13. The Morgan fingerprint density at radius 3 is 2.61 bits per heavy atom. The van der Waals surface area contributed by atoms with E-state index < -0.39 is 0 Å². The second-order valence-corrected chi connectivity index (χ2v) is 6.22. The number of unbranched alkanes of at least 4 members (excludes halogenated alkanes) is 3. The zero-order valence-electron chi connectivity index (χ0n) is 13.9. The van der Waals surface area contributed by atoms with Crippen molar-refractivity contribution in [2.45, 2.75) is 46.0 Å². The number of aromatic nitrogens is 1. The van der Waals surface area contributed by atoms with Crippen LogP contribution in [0.3, 0.4) is 0 Å². The van der Waals surface area contributed by atoms with Gasteiger partial charge in [-0.05, 0) is 35.3 Å². The van der Waals surface area contributed by atoms with Crippen molar-refractivity contribution in [3.8, 4) is 0 Å². The summed E-state index contributed by atoms with van der Waals surface area (Å²) in [5.74, 6) is -0.370. The summed E-state index contributed by atoms with van der Waals surface area (Å²) in [7, 11) is 0. The van der Waals surface area contributed by atoms with E-state index in [1.807, 2.05) is 0 Å². The minimum Gasteiger partial charge on any atom is -0.466 e. The summed E-state index contributed by atoms with van der Waals surface area (Å²) in [6.07, 6.45) is 7.72. The monoisotopic (exact) mass is 384 g/mol. The smallest absolute Gasteiger partial charge is 0.307 e. The van der Waals surface area contributed by atoms with Crippen molar-refractivity contribution in [2.75, 3.05) is 19.7 Å². The van der Waals surface area contributed by atoms with E-state index in [9.17, 15) is 9.59 Å². The van der Waals surface area contributed by atoms with E-state index in [2.05, 4.69) is 27.8 Å². The fourth-order valence-electron chi connectivity index (χ4n) is 2.22. The lowest BCUT2D eigenvalue weighted by atomic mass is 10.1. The third-order valence-corrected chi connectivity index (χ3v) is 3.85. The first-order chi connectivity index (χ1) is 11.1. The first kappa shape index (κ1) is 19.6. The van der Waals surface area contributed by atoms with Gasteiger partial charge in [-0.1, -0.05) is 26.2 Å². The highest BCUT2D eigenvalue weighted by molar-refractivity contribution is 9.10. The molecule has 1 aromatic heterocycles. The first-order valence-corrected chi connectivity index (χ1v) is 8.93. The molecule has 5 nitrogen and oxygen atoms in total. The lowest BCUT2D eigenvalue weighted by Gasteiger charge is -2.22. The van der Waals surface area contributed by atoms with Gasteiger partial charge < -0.3 is 9.64 Å². The van der Waals surface area contributed by atoms with Gasteiger partial charge in [0.05, 0.1) is 18.6 Å². The summed E-state index contributed by atoms with van der Waals surface area (Å²) >= 11 is 3.33. The summed E-state index contributed by atoms with van der Waals surface area (Å²) in [5, 5.41) is 0. The van der Waals surface area contributed by atoms with Gasteiger partial charge in [0.1, 0.15) is 0 Å². The normalized spacial score (nSPS) is 10.4. The average Bonchev–Trinajstić information content (AvgIpc) is 2.54. The van der Waals surface area contributed by atoms with Crippen LogP contribution in [0.15, 0.2) is 22.9 Å². The third-order valence-electron chi connectivity index (χ3n) is 3.41. The second kappa shape index (κ2) is 11.2. The summed E-state index contributed by atoms with van der Waals surface area (Å²) in [6.45, 7) is 5.30. The van der Waals surface area contributed by atoms with Gasteiger partial charge in [0, 0.05) is 30.0 Å². The molecule has 0 atom stereocenters. The van der Waals surface area contributed by atoms with Crippen LogP contribution >= 0.6 is 15.9 Å². The molecule has 1 aromatic rings. The molecular formula is C17H25BrN2O3. The van der Waals surface area contributed by atoms with Gasteiger partial charge in [-0.25, -0.2) is 0 Å². The second-order valence-electron chi connectivity index (χ2n) is 5.30. The number of hydrogen-bond donors (Lipinski definition) is 0. The molecule has 0 saturated heterocycles. The number of carbonyl (C=O) groups excluding carboxylic acids is 2. The number of pyridine rings is 1. The van der Waals surface area contributed by atoms with Crippen molar-refractivity contribution >= 4 is 27.8 Å². The van der Waals surface area contributed by atoms with E-state index in [0.717, 1.165) is 30.2 Å². The minimum atomic E-state index is -0.272. The molecule has 0 aliphatic carbocycles. The standard InChI is InChI=1S/C17H25BrN2O3/c1-3-5-6-7-9-20(10-8-16(21)23-4-2)17(22)14-11-15(18)13-19-12-14/h11-13H,3-10H2,1-2H3. The van der Waals surface area contributed by atoms with E-state index in [-0.39, 0.29) is 18.3 Å². The zero-order valence-corrected chi connectivity index (χ0v) is 15.5. The number of carbonyl (C=O) groups is 2. The van der Waals surface area contributed by atoms with Crippen molar-refractivity contribution in [3.63, 3.8) is 0 Å². The lowest BCUT2D eigenvalue weighted by molar-refractivity contribution is -0.143. The largest absolute Gasteiger partial charge is 0.466 e. The number of amides is 1. The fraction of sp³-hybridized carbons (Fsp3) is 0.588. The number of halogens is 1. The van der Waals surface area contributed by atoms with Crippen LogP contribution in [0.5, 0.6) is 0 Å². The Bertz CT molecular complexity index is 508. The number of esters is 1. The molecule has 0 N–H and O–H groups in total. The summed E-state index contributed by atoms with van der Waals surface area (Å²) in [5.41, 5.74) is 0.527. The van der Waals surface area contributed by atoms with Crippen molar-refractivity contribution < 1.29 is 14.3 Å². The number of nitrogens with zero attached hydrogens (tertiary/aromatic N) is 2. The van der Waals surface area contributed by atoms with Crippen LogP contribution in [0.25, 0.3) is 0 Å². The van der Waals surface area contributed by atoms with Gasteiger partial charge in [-0.3, -0.25) is 14.6 Å². The Hall–Kier alpha value is -1.43. The molecule has 0 aliphatic rings. The van der Waals surface area contributed by atoms with Crippen LogP contribution in [-0.2, 0) is 9.53 Å². The fourth-order valence-corrected chi connectivity index (χ4v) is 2.58. The molecule has 1 heterocycles. The van der Waals surface area contributed by atoms with Gasteiger partial charge in [0.25, 0.3) is 5.91 Å². The molecule has 0 aromatic carbocycles. The highest BCUT2D eigenvalue weighted by atomic mass is 79.9.